The Morgan fingerprint density at radius 2 is 1.44 bits per heavy atom. The highest BCUT2D eigenvalue weighted by atomic mass is 16.6. The Morgan fingerprint density at radius 1 is 0.938 bits per heavy atom. The van der Waals surface area contributed by atoms with Crippen LogP contribution >= 0.6 is 0 Å². The molecule has 0 aromatic carbocycles. The maximum Gasteiger partial charge on any atom is 0.324 e. The minimum absolute atomic E-state index is 0.583. The lowest BCUT2D eigenvalue weighted by atomic mass is 9.98. The van der Waals surface area contributed by atoms with Gasteiger partial charge in [0.25, 0.3) is 5.78 Å². The number of nitrogens with zero attached hydrogens (tertiary/aromatic N) is 1. The molecule has 1 fully saturated rings. The van der Waals surface area contributed by atoms with Gasteiger partial charge in [-0.25, -0.2) is 0 Å². The molecule has 0 aromatic rings. The molecule has 1 rings (SSSR count). The van der Waals surface area contributed by atoms with Crippen molar-refractivity contribution in [2.45, 2.75) is 24.5 Å². The van der Waals surface area contributed by atoms with Gasteiger partial charge in [-0.2, -0.15) is 5.06 Å². The number of carbonyl (C=O) groups excluding carboxylic acids is 3. The van der Waals surface area contributed by atoms with E-state index >= 15 is 0 Å². The number of amides is 1. The second-order valence-electron chi connectivity index (χ2n) is 3.18. The fourth-order valence-corrected chi connectivity index (χ4v) is 1.13. The van der Waals surface area contributed by atoms with E-state index < -0.39 is 47.1 Å². The lowest BCUT2D eigenvalue weighted by molar-refractivity contribution is -0.242. The van der Waals surface area contributed by atoms with Crippen LogP contribution in [0.2, 0.25) is 0 Å². The van der Waals surface area contributed by atoms with Crippen molar-refractivity contribution in [1.29, 1.82) is 0 Å². The summed E-state index contributed by atoms with van der Waals surface area (Å²) in [6.45, 7) is 0. The van der Waals surface area contributed by atoms with Crippen LogP contribution in [0.15, 0.2) is 0 Å². The quantitative estimate of drug-likeness (QED) is 0.209. The van der Waals surface area contributed by atoms with Crippen LogP contribution in [0.3, 0.4) is 0 Å². The van der Waals surface area contributed by atoms with Crippen LogP contribution in [0.25, 0.3) is 0 Å². The first-order chi connectivity index (χ1) is 7.29. The minimum atomic E-state index is -2.34. The molecule has 0 aliphatic carbocycles. The Kier molecular flexibility index (Phi) is 3.35. The number of ketones is 2. The zero-order chi connectivity index (χ0) is 12.6. The second kappa shape index (κ2) is 4.23. The maximum absolute atomic E-state index is 11.0. The van der Waals surface area contributed by atoms with E-state index in [1.807, 2.05) is 0 Å². The molecule has 1 heterocycles. The van der Waals surface area contributed by atoms with Crippen molar-refractivity contribution in [2.24, 2.45) is 0 Å². The number of aliphatic hydroxyl groups excluding tert-OH is 4. The Bertz CT molecular complexity index is 311. The zero-order valence-electron chi connectivity index (χ0n) is 7.72. The number of aliphatic hydroxyl groups is 4. The summed E-state index contributed by atoms with van der Waals surface area (Å²) >= 11 is 0. The molecule has 1 amide bonds. The average Bonchev–Trinajstić information content (AvgIpc) is 2.30. The molecular formula is C7H9NO8. The number of carbonyl (C=O) groups is 3. The summed E-state index contributed by atoms with van der Waals surface area (Å²) in [5.74, 6) is -5.29. The molecule has 0 saturated carbocycles. The molecule has 0 aromatic heterocycles. The number of hydrogen-bond acceptors (Lipinski definition) is 8. The summed E-state index contributed by atoms with van der Waals surface area (Å²) in [7, 11) is 0. The summed E-state index contributed by atoms with van der Waals surface area (Å²) in [6.07, 6.45) is -9.06. The smallest absolute Gasteiger partial charge is 0.324 e. The molecule has 16 heavy (non-hydrogen) atoms. The topological polar surface area (TPSA) is 156 Å². The number of Topliss-reactive ketones (excluding diaryl/α,β-unsaturated/α-hetero) is 2. The van der Waals surface area contributed by atoms with E-state index in [9.17, 15) is 14.4 Å². The van der Waals surface area contributed by atoms with E-state index in [-0.39, 0.29) is 0 Å². The van der Waals surface area contributed by atoms with Gasteiger partial charge in [0.2, 0.25) is 5.78 Å². The van der Waals surface area contributed by atoms with Gasteiger partial charge in [0.15, 0.2) is 6.23 Å². The van der Waals surface area contributed by atoms with E-state index in [2.05, 4.69) is 0 Å². The lowest BCUT2D eigenvalue weighted by Crippen LogP contribution is -2.60. The molecule has 0 bridgehead atoms. The van der Waals surface area contributed by atoms with Crippen LogP contribution in [0, 0.1) is 0 Å². The summed E-state index contributed by atoms with van der Waals surface area (Å²) in [4.78, 5) is 32.9. The largest absolute Gasteiger partial charge is 0.387 e. The number of hydroxylamine groups is 2. The molecule has 4 unspecified atom stereocenters. The van der Waals surface area contributed by atoms with E-state index in [0.717, 1.165) is 0 Å². The van der Waals surface area contributed by atoms with Gasteiger partial charge in [-0.3, -0.25) is 19.6 Å². The number of rotatable bonds is 0. The van der Waals surface area contributed by atoms with Crippen LogP contribution in [-0.4, -0.2) is 72.7 Å². The summed E-state index contributed by atoms with van der Waals surface area (Å²) in [6, 6.07) is 0. The first-order valence-electron chi connectivity index (χ1n) is 4.12. The second-order valence-corrected chi connectivity index (χ2v) is 3.18. The van der Waals surface area contributed by atoms with Gasteiger partial charge in [0, 0.05) is 0 Å². The molecule has 1 aliphatic heterocycles. The molecule has 9 nitrogen and oxygen atoms in total. The molecule has 1 saturated heterocycles. The third-order valence-corrected chi connectivity index (χ3v) is 2.12. The minimum Gasteiger partial charge on any atom is -0.387 e. The van der Waals surface area contributed by atoms with Gasteiger partial charge in [-0.15, -0.1) is 0 Å². The monoisotopic (exact) mass is 235 g/mol. The van der Waals surface area contributed by atoms with E-state index in [0.29, 0.717) is 0 Å². The van der Waals surface area contributed by atoms with Crippen LogP contribution in [0.5, 0.6) is 0 Å². The molecule has 90 valence electrons. The van der Waals surface area contributed by atoms with Gasteiger partial charge in [-0.05, 0) is 0 Å². The van der Waals surface area contributed by atoms with Gasteiger partial charge < -0.3 is 20.4 Å². The summed E-state index contributed by atoms with van der Waals surface area (Å²) in [5, 5.41) is 44.8. The molecule has 5 N–H and O–H groups in total. The normalized spacial score (nSPS) is 37.3. The SMILES string of the molecule is O=C1C(=O)C(O)C(O)C(O)C(O)N(O)C1=O. The molecular weight excluding hydrogens is 226 g/mol. The van der Waals surface area contributed by atoms with E-state index in [1.165, 1.54) is 0 Å². The van der Waals surface area contributed by atoms with Crippen molar-refractivity contribution in [3.05, 3.63) is 0 Å². The highest BCUT2D eigenvalue weighted by molar-refractivity contribution is 6.64. The van der Waals surface area contributed by atoms with Crippen LogP contribution < -0.4 is 0 Å². The molecule has 0 spiro atoms. The molecule has 0 radical (unpaired) electrons. The Morgan fingerprint density at radius 3 is 1.94 bits per heavy atom. The fraction of sp³-hybridized carbons (Fsp3) is 0.571. The summed E-state index contributed by atoms with van der Waals surface area (Å²) in [5.41, 5.74) is 0. The Labute approximate surface area is 88.1 Å². The van der Waals surface area contributed by atoms with Crippen LogP contribution in [0.1, 0.15) is 0 Å². The molecule has 1 aliphatic rings. The standard InChI is InChI=1S/C7H9NO8/c9-1-2(10)4(12)6(14)8(16)7(15)5(13)3(1)11/h1-2,4,6,9-10,12,14,16H. The van der Waals surface area contributed by atoms with Crippen molar-refractivity contribution in [3.8, 4) is 0 Å². The zero-order valence-corrected chi connectivity index (χ0v) is 7.72. The highest BCUT2D eigenvalue weighted by Gasteiger charge is 2.46. The third-order valence-electron chi connectivity index (χ3n) is 2.12. The maximum atomic E-state index is 11.0. The Hall–Kier alpha value is -1.39. The molecule has 4 atom stereocenters. The van der Waals surface area contributed by atoms with Crippen molar-refractivity contribution >= 4 is 17.5 Å². The first-order valence-corrected chi connectivity index (χ1v) is 4.12. The first kappa shape index (κ1) is 12.7. The van der Waals surface area contributed by atoms with Crippen molar-refractivity contribution in [3.63, 3.8) is 0 Å². The predicted molar refractivity (Wildman–Crippen MR) is 42.7 cm³/mol. The van der Waals surface area contributed by atoms with Gasteiger partial charge in [-0.1, -0.05) is 0 Å². The molecule has 9 heteroatoms. The van der Waals surface area contributed by atoms with E-state index in [4.69, 9.17) is 25.6 Å². The lowest BCUT2D eigenvalue weighted by Gasteiger charge is -2.31. The fourth-order valence-electron chi connectivity index (χ4n) is 1.13. The predicted octanol–water partition coefficient (Wildman–Crippen LogP) is -4.24. The average molecular weight is 235 g/mol. The van der Waals surface area contributed by atoms with Crippen molar-refractivity contribution in [1.82, 2.24) is 5.06 Å². The van der Waals surface area contributed by atoms with E-state index in [1.54, 1.807) is 0 Å². The number of hydrogen-bond donors (Lipinski definition) is 5. The third kappa shape index (κ3) is 1.81. The van der Waals surface area contributed by atoms with Crippen LogP contribution in [-0.2, 0) is 14.4 Å². The van der Waals surface area contributed by atoms with Gasteiger partial charge in [0.1, 0.15) is 18.3 Å². The van der Waals surface area contributed by atoms with Gasteiger partial charge >= 0.3 is 5.91 Å². The van der Waals surface area contributed by atoms with Crippen LogP contribution in [0.4, 0.5) is 0 Å². The summed E-state index contributed by atoms with van der Waals surface area (Å²) < 4.78 is 0. The van der Waals surface area contributed by atoms with Crippen molar-refractivity contribution in [2.75, 3.05) is 0 Å². The Balaban J connectivity index is 3.13. The highest BCUT2D eigenvalue weighted by Crippen LogP contribution is 2.13. The van der Waals surface area contributed by atoms with Crippen molar-refractivity contribution < 1.29 is 40.0 Å². The van der Waals surface area contributed by atoms with Gasteiger partial charge in [0.05, 0.1) is 0 Å².